The first-order chi connectivity index (χ1) is 14.8. The van der Waals surface area contributed by atoms with Crippen molar-refractivity contribution in [1.29, 1.82) is 5.26 Å². The molecule has 6 nitrogen and oxygen atoms in total. The van der Waals surface area contributed by atoms with Gasteiger partial charge >= 0.3 is 5.97 Å². The summed E-state index contributed by atoms with van der Waals surface area (Å²) in [6, 6.07) is 11.6. The first-order valence-corrected chi connectivity index (χ1v) is 10.7. The van der Waals surface area contributed by atoms with Gasteiger partial charge < -0.3 is 14.2 Å². The van der Waals surface area contributed by atoms with Crippen LogP contribution in [0.5, 0.6) is 0 Å². The van der Waals surface area contributed by atoms with Crippen molar-refractivity contribution >= 4 is 23.6 Å². The molecule has 0 saturated carbocycles. The lowest BCUT2D eigenvalue weighted by Crippen LogP contribution is -2.33. The maximum atomic E-state index is 12.6. The highest BCUT2D eigenvalue weighted by molar-refractivity contribution is 6.01. The van der Waals surface area contributed by atoms with Crippen molar-refractivity contribution in [2.45, 2.75) is 47.1 Å². The quantitative estimate of drug-likeness (QED) is 0.383. The van der Waals surface area contributed by atoms with Crippen LogP contribution >= 0.6 is 0 Å². The van der Waals surface area contributed by atoms with Crippen LogP contribution in [0.4, 0.5) is 5.69 Å². The van der Waals surface area contributed by atoms with Gasteiger partial charge in [-0.05, 0) is 61.9 Å². The van der Waals surface area contributed by atoms with Crippen LogP contribution in [0.15, 0.2) is 35.9 Å². The Bertz CT molecular complexity index is 1060. The van der Waals surface area contributed by atoms with Gasteiger partial charge in [-0.3, -0.25) is 4.79 Å². The minimum atomic E-state index is -0.782. The van der Waals surface area contributed by atoms with Crippen molar-refractivity contribution < 1.29 is 14.3 Å². The molecule has 2 heterocycles. The molecule has 0 N–H and O–H groups in total. The Balaban J connectivity index is 1.67. The fourth-order valence-electron chi connectivity index (χ4n) is 3.88. The number of hydrogen-bond acceptors (Lipinski definition) is 4. The van der Waals surface area contributed by atoms with Crippen LogP contribution < -0.4 is 4.90 Å². The Morgan fingerprint density at radius 1 is 1.26 bits per heavy atom. The van der Waals surface area contributed by atoms with E-state index in [1.165, 1.54) is 0 Å². The van der Waals surface area contributed by atoms with Gasteiger partial charge in [0.2, 0.25) is 0 Å². The zero-order valence-electron chi connectivity index (χ0n) is 18.6. The molecular formula is C25H29N3O3. The second kappa shape index (κ2) is 9.65. The molecule has 0 fully saturated rings. The van der Waals surface area contributed by atoms with Crippen molar-refractivity contribution in [2.24, 2.45) is 5.92 Å². The van der Waals surface area contributed by atoms with Gasteiger partial charge in [0.1, 0.15) is 11.6 Å². The molecule has 162 valence electrons. The second-order valence-electron chi connectivity index (χ2n) is 8.33. The number of carbonyl (C=O) groups is 2. The highest BCUT2D eigenvalue weighted by Crippen LogP contribution is 2.27. The third kappa shape index (κ3) is 5.05. The molecule has 0 atom stereocenters. The topological polar surface area (TPSA) is 75.3 Å². The number of anilines is 1. The minimum Gasteiger partial charge on any atom is -0.451 e. The standard InChI is InChI=1S/C25H29N3O3/c1-17(2)9-11-27-18(3)13-21(19(27)4)14-22(15-26)25(30)31-16-24(29)28-12-10-20-7-5-6-8-23(20)28/h5-8,13-14,17H,9-12,16H2,1-4H3/b22-14-. The minimum absolute atomic E-state index is 0.112. The van der Waals surface area contributed by atoms with Crippen molar-refractivity contribution in [3.05, 3.63) is 58.4 Å². The largest absolute Gasteiger partial charge is 0.451 e. The number of ether oxygens (including phenoxy) is 1. The van der Waals surface area contributed by atoms with E-state index < -0.39 is 5.97 Å². The molecule has 0 radical (unpaired) electrons. The summed E-state index contributed by atoms with van der Waals surface area (Å²) in [5.41, 5.74) is 4.75. The highest BCUT2D eigenvalue weighted by atomic mass is 16.5. The lowest BCUT2D eigenvalue weighted by molar-refractivity contribution is -0.143. The smallest absolute Gasteiger partial charge is 0.349 e. The van der Waals surface area contributed by atoms with Crippen molar-refractivity contribution in [3.63, 3.8) is 0 Å². The fourth-order valence-corrected chi connectivity index (χ4v) is 3.88. The number of aryl methyl sites for hydroxylation is 1. The first-order valence-electron chi connectivity index (χ1n) is 10.7. The van der Waals surface area contributed by atoms with E-state index in [1.54, 1.807) is 11.0 Å². The molecule has 1 aliphatic heterocycles. The van der Waals surface area contributed by atoms with E-state index in [1.807, 2.05) is 50.2 Å². The molecule has 1 aliphatic rings. The number of para-hydroxylation sites is 1. The van der Waals surface area contributed by atoms with Gasteiger partial charge in [0.15, 0.2) is 6.61 Å². The van der Waals surface area contributed by atoms with Crippen LogP contribution in [-0.4, -0.2) is 29.6 Å². The number of amides is 1. The summed E-state index contributed by atoms with van der Waals surface area (Å²) in [5, 5.41) is 9.49. The molecule has 1 amide bonds. The van der Waals surface area contributed by atoms with Gasteiger partial charge in [-0.2, -0.15) is 5.26 Å². The van der Waals surface area contributed by atoms with Gasteiger partial charge in [-0.15, -0.1) is 0 Å². The monoisotopic (exact) mass is 419 g/mol. The first kappa shape index (κ1) is 22.4. The van der Waals surface area contributed by atoms with Crippen LogP contribution in [-0.2, 0) is 27.3 Å². The third-order valence-electron chi connectivity index (χ3n) is 5.70. The Kier molecular flexibility index (Phi) is 6.96. The molecule has 0 saturated heterocycles. The van der Waals surface area contributed by atoms with E-state index in [2.05, 4.69) is 18.4 Å². The highest BCUT2D eigenvalue weighted by Gasteiger charge is 2.25. The summed E-state index contributed by atoms with van der Waals surface area (Å²) >= 11 is 0. The van der Waals surface area contributed by atoms with Crippen LogP contribution in [0.3, 0.4) is 0 Å². The predicted octanol–water partition coefficient (Wildman–Crippen LogP) is 4.19. The predicted molar refractivity (Wildman–Crippen MR) is 120 cm³/mol. The molecule has 2 aromatic rings. The summed E-state index contributed by atoms with van der Waals surface area (Å²) in [6.07, 6.45) is 3.38. The second-order valence-corrected chi connectivity index (χ2v) is 8.33. The molecule has 1 aromatic carbocycles. The van der Waals surface area contributed by atoms with Crippen LogP contribution in [0.2, 0.25) is 0 Å². The van der Waals surface area contributed by atoms with E-state index in [-0.39, 0.29) is 18.1 Å². The molecule has 0 bridgehead atoms. The van der Waals surface area contributed by atoms with Gasteiger partial charge in [0, 0.05) is 30.2 Å². The van der Waals surface area contributed by atoms with Crippen molar-refractivity contribution in [3.8, 4) is 6.07 Å². The average Bonchev–Trinajstić information content (AvgIpc) is 3.29. The summed E-state index contributed by atoms with van der Waals surface area (Å²) in [4.78, 5) is 26.7. The Morgan fingerprint density at radius 3 is 2.71 bits per heavy atom. The number of nitrogens with zero attached hydrogens (tertiary/aromatic N) is 3. The number of esters is 1. The number of fused-ring (bicyclic) bond motifs is 1. The molecular weight excluding hydrogens is 390 g/mol. The van der Waals surface area contributed by atoms with E-state index in [9.17, 15) is 14.9 Å². The fraction of sp³-hybridized carbons (Fsp3) is 0.400. The number of hydrogen-bond donors (Lipinski definition) is 0. The van der Waals surface area contributed by atoms with Gasteiger partial charge in [0.05, 0.1) is 0 Å². The number of nitriles is 1. The number of aromatic nitrogens is 1. The van der Waals surface area contributed by atoms with Crippen LogP contribution in [0.25, 0.3) is 6.08 Å². The van der Waals surface area contributed by atoms with Crippen molar-refractivity contribution in [1.82, 2.24) is 4.57 Å². The Labute approximate surface area is 183 Å². The van der Waals surface area contributed by atoms with Gasteiger partial charge in [-0.1, -0.05) is 32.0 Å². The summed E-state index contributed by atoms with van der Waals surface area (Å²) < 4.78 is 7.38. The maximum Gasteiger partial charge on any atom is 0.349 e. The SMILES string of the molecule is Cc1cc(/C=C(/C#N)C(=O)OCC(=O)N2CCc3ccccc32)c(C)n1CCC(C)C. The Morgan fingerprint density at radius 2 is 2.00 bits per heavy atom. The maximum absolute atomic E-state index is 12.6. The zero-order chi connectivity index (χ0) is 22.5. The molecule has 0 spiro atoms. The zero-order valence-corrected chi connectivity index (χ0v) is 18.6. The van der Waals surface area contributed by atoms with Gasteiger partial charge in [0.25, 0.3) is 5.91 Å². The lowest BCUT2D eigenvalue weighted by atomic mass is 10.1. The normalized spacial score (nSPS) is 13.3. The molecule has 6 heteroatoms. The molecule has 0 unspecified atom stereocenters. The molecule has 31 heavy (non-hydrogen) atoms. The Hall–Kier alpha value is -3.33. The summed E-state index contributed by atoms with van der Waals surface area (Å²) in [5.74, 6) is -0.484. The molecule has 3 rings (SSSR count). The third-order valence-corrected chi connectivity index (χ3v) is 5.70. The number of rotatable bonds is 7. The van der Waals surface area contributed by atoms with E-state index in [0.717, 1.165) is 47.6 Å². The van der Waals surface area contributed by atoms with E-state index in [0.29, 0.717) is 12.5 Å². The molecule has 1 aromatic heterocycles. The molecule has 0 aliphatic carbocycles. The lowest BCUT2D eigenvalue weighted by Gasteiger charge is -2.17. The van der Waals surface area contributed by atoms with Crippen molar-refractivity contribution in [2.75, 3.05) is 18.1 Å². The summed E-state index contributed by atoms with van der Waals surface area (Å²) in [7, 11) is 0. The van der Waals surface area contributed by atoms with Crippen LogP contribution in [0, 0.1) is 31.1 Å². The number of benzene rings is 1. The van der Waals surface area contributed by atoms with E-state index in [4.69, 9.17) is 4.74 Å². The van der Waals surface area contributed by atoms with Crippen LogP contribution in [0.1, 0.15) is 42.8 Å². The van der Waals surface area contributed by atoms with Gasteiger partial charge in [-0.25, -0.2) is 4.79 Å². The number of carbonyl (C=O) groups excluding carboxylic acids is 2. The van der Waals surface area contributed by atoms with E-state index >= 15 is 0 Å². The summed E-state index contributed by atoms with van der Waals surface area (Å²) in [6.45, 7) is 9.43. The average molecular weight is 420 g/mol.